The summed E-state index contributed by atoms with van der Waals surface area (Å²) in [7, 11) is 0. The fourth-order valence-electron chi connectivity index (χ4n) is 2.69. The van der Waals surface area contributed by atoms with Crippen LogP contribution in [0.1, 0.15) is 23.2 Å². The molecule has 3 amide bonds. The second-order valence-corrected chi connectivity index (χ2v) is 7.05. The Morgan fingerprint density at radius 2 is 1.82 bits per heavy atom. The number of nitrogens with zero attached hydrogens (tertiary/aromatic N) is 2. The molecule has 1 aromatic heterocycles. The van der Waals surface area contributed by atoms with Crippen molar-refractivity contribution in [1.82, 2.24) is 10.4 Å². The van der Waals surface area contributed by atoms with Crippen LogP contribution >= 0.6 is 11.3 Å². The van der Waals surface area contributed by atoms with E-state index in [-0.39, 0.29) is 40.9 Å². The van der Waals surface area contributed by atoms with E-state index in [9.17, 15) is 23.2 Å². The van der Waals surface area contributed by atoms with Gasteiger partial charge in [-0.25, -0.2) is 18.8 Å². The number of hydrazine groups is 1. The van der Waals surface area contributed by atoms with Crippen molar-refractivity contribution in [2.75, 3.05) is 10.3 Å². The quantitative estimate of drug-likeness (QED) is 0.705. The number of hydrogen-bond donors (Lipinski definition) is 2. The zero-order chi connectivity index (χ0) is 19.8. The molecule has 0 atom stereocenters. The van der Waals surface area contributed by atoms with E-state index >= 15 is 0 Å². The molecule has 2 N–H and O–H groups in total. The molecule has 142 valence electrons. The summed E-state index contributed by atoms with van der Waals surface area (Å²) in [6.45, 7) is 0. The van der Waals surface area contributed by atoms with E-state index in [0.717, 1.165) is 28.5 Å². The average molecular weight is 402 g/mol. The Bertz CT molecular complexity index is 1070. The summed E-state index contributed by atoms with van der Waals surface area (Å²) >= 11 is 1.02. The number of anilines is 2. The highest BCUT2D eigenvalue weighted by atomic mass is 32.1. The van der Waals surface area contributed by atoms with Crippen LogP contribution in [-0.4, -0.2) is 22.7 Å². The molecule has 28 heavy (non-hydrogen) atoms. The van der Waals surface area contributed by atoms with Crippen molar-refractivity contribution < 1.29 is 23.2 Å². The van der Waals surface area contributed by atoms with Gasteiger partial charge in [0, 0.05) is 24.5 Å². The number of aromatic nitrogens is 1. The van der Waals surface area contributed by atoms with Crippen molar-refractivity contribution in [1.29, 1.82) is 0 Å². The number of amides is 3. The van der Waals surface area contributed by atoms with Gasteiger partial charge in [0.1, 0.15) is 0 Å². The Morgan fingerprint density at radius 3 is 2.57 bits per heavy atom. The van der Waals surface area contributed by atoms with Crippen LogP contribution in [0.25, 0.3) is 10.2 Å². The molecule has 0 unspecified atom stereocenters. The van der Waals surface area contributed by atoms with Gasteiger partial charge in [0.25, 0.3) is 5.91 Å². The first kappa shape index (κ1) is 18.0. The summed E-state index contributed by atoms with van der Waals surface area (Å²) in [5.41, 5.74) is 3.43. The number of carbonyl (C=O) groups is 3. The van der Waals surface area contributed by atoms with Crippen LogP contribution in [0.5, 0.6) is 0 Å². The summed E-state index contributed by atoms with van der Waals surface area (Å²) in [6.07, 6.45) is 0.263. The SMILES string of the molecule is O=C1CCC(=O)N(c2ccc(C(=O)Nc3nc4cc(F)c(F)cc4s3)cc2)N1. The number of thiazole rings is 1. The maximum absolute atomic E-state index is 13.3. The van der Waals surface area contributed by atoms with Crippen molar-refractivity contribution in [3.63, 3.8) is 0 Å². The maximum Gasteiger partial charge on any atom is 0.257 e. The molecule has 1 aliphatic rings. The summed E-state index contributed by atoms with van der Waals surface area (Å²) < 4.78 is 27.0. The number of fused-ring (bicyclic) bond motifs is 1. The molecule has 0 aliphatic carbocycles. The van der Waals surface area contributed by atoms with E-state index < -0.39 is 17.5 Å². The minimum Gasteiger partial charge on any atom is -0.298 e. The third-order valence-corrected chi connectivity index (χ3v) is 5.02. The third-order valence-electron chi connectivity index (χ3n) is 4.09. The number of benzene rings is 2. The monoisotopic (exact) mass is 402 g/mol. The molecule has 1 saturated heterocycles. The zero-order valence-electron chi connectivity index (χ0n) is 14.2. The summed E-state index contributed by atoms with van der Waals surface area (Å²) in [5.74, 6) is -2.97. The van der Waals surface area contributed by atoms with Gasteiger partial charge in [-0.1, -0.05) is 11.3 Å². The number of nitrogens with one attached hydrogen (secondary N) is 2. The number of hydrogen-bond acceptors (Lipinski definition) is 5. The van der Waals surface area contributed by atoms with E-state index in [1.807, 2.05) is 0 Å². The molecule has 2 heterocycles. The van der Waals surface area contributed by atoms with Gasteiger partial charge >= 0.3 is 0 Å². The van der Waals surface area contributed by atoms with Gasteiger partial charge in [0.05, 0.1) is 15.9 Å². The molecule has 0 saturated carbocycles. The highest BCUT2D eigenvalue weighted by molar-refractivity contribution is 7.22. The number of rotatable bonds is 3. The van der Waals surface area contributed by atoms with E-state index in [2.05, 4.69) is 15.7 Å². The largest absolute Gasteiger partial charge is 0.298 e. The van der Waals surface area contributed by atoms with Gasteiger partial charge in [-0.3, -0.25) is 25.1 Å². The summed E-state index contributed by atoms with van der Waals surface area (Å²) in [5, 5.41) is 3.92. The van der Waals surface area contributed by atoms with Gasteiger partial charge < -0.3 is 0 Å². The van der Waals surface area contributed by atoms with Crippen molar-refractivity contribution >= 4 is 50.1 Å². The van der Waals surface area contributed by atoms with E-state index in [4.69, 9.17) is 0 Å². The molecular formula is C18H12F2N4O3S. The van der Waals surface area contributed by atoms with Crippen LogP contribution in [0.3, 0.4) is 0 Å². The Kier molecular flexibility index (Phi) is 4.47. The molecular weight excluding hydrogens is 390 g/mol. The molecule has 4 rings (SSSR count). The van der Waals surface area contributed by atoms with Crippen LogP contribution < -0.4 is 15.8 Å². The molecule has 10 heteroatoms. The number of halogens is 2. The van der Waals surface area contributed by atoms with Gasteiger partial charge in [0.15, 0.2) is 16.8 Å². The van der Waals surface area contributed by atoms with Gasteiger partial charge in [-0.15, -0.1) is 0 Å². The van der Waals surface area contributed by atoms with Crippen LogP contribution in [0.2, 0.25) is 0 Å². The highest BCUT2D eigenvalue weighted by Gasteiger charge is 2.24. The molecule has 1 aliphatic heterocycles. The van der Waals surface area contributed by atoms with Gasteiger partial charge in [0.2, 0.25) is 11.8 Å². The highest BCUT2D eigenvalue weighted by Crippen LogP contribution is 2.28. The zero-order valence-corrected chi connectivity index (χ0v) is 15.0. The lowest BCUT2D eigenvalue weighted by Crippen LogP contribution is -2.50. The van der Waals surface area contributed by atoms with E-state index in [1.165, 1.54) is 24.3 Å². The lowest BCUT2D eigenvalue weighted by molar-refractivity contribution is -0.130. The van der Waals surface area contributed by atoms with Crippen LogP contribution in [0.4, 0.5) is 19.6 Å². The molecule has 0 radical (unpaired) electrons. The lowest BCUT2D eigenvalue weighted by atomic mass is 10.1. The fourth-order valence-corrected chi connectivity index (χ4v) is 3.56. The average Bonchev–Trinajstić information content (AvgIpc) is 3.05. The first-order valence-corrected chi connectivity index (χ1v) is 9.02. The van der Waals surface area contributed by atoms with Crippen LogP contribution in [-0.2, 0) is 9.59 Å². The smallest absolute Gasteiger partial charge is 0.257 e. The lowest BCUT2D eigenvalue weighted by Gasteiger charge is -2.27. The Hall–Kier alpha value is -3.40. The second-order valence-electron chi connectivity index (χ2n) is 6.02. The van der Waals surface area contributed by atoms with Crippen LogP contribution in [0.15, 0.2) is 36.4 Å². The molecule has 7 nitrogen and oxygen atoms in total. The second kappa shape index (κ2) is 6.97. The minimum atomic E-state index is -1.01. The number of carbonyl (C=O) groups excluding carboxylic acids is 3. The van der Waals surface area contributed by atoms with Crippen molar-refractivity contribution in [2.24, 2.45) is 0 Å². The van der Waals surface area contributed by atoms with Crippen molar-refractivity contribution in [3.05, 3.63) is 53.6 Å². The fraction of sp³-hybridized carbons (Fsp3) is 0.111. The molecule has 1 fully saturated rings. The van der Waals surface area contributed by atoms with E-state index in [0.29, 0.717) is 10.4 Å². The van der Waals surface area contributed by atoms with E-state index in [1.54, 1.807) is 0 Å². The predicted molar refractivity (Wildman–Crippen MR) is 98.8 cm³/mol. The van der Waals surface area contributed by atoms with Crippen molar-refractivity contribution in [2.45, 2.75) is 12.8 Å². The summed E-state index contributed by atoms with van der Waals surface area (Å²) in [4.78, 5) is 39.8. The first-order chi connectivity index (χ1) is 13.4. The van der Waals surface area contributed by atoms with Gasteiger partial charge in [-0.05, 0) is 30.3 Å². The van der Waals surface area contributed by atoms with Crippen molar-refractivity contribution in [3.8, 4) is 0 Å². The predicted octanol–water partition coefficient (Wildman–Crippen LogP) is 2.98. The Morgan fingerprint density at radius 1 is 1.11 bits per heavy atom. The molecule has 0 spiro atoms. The van der Waals surface area contributed by atoms with Gasteiger partial charge in [-0.2, -0.15) is 0 Å². The molecule has 2 aromatic carbocycles. The Labute approximate surface area is 160 Å². The molecule has 3 aromatic rings. The normalized spacial score (nSPS) is 14.3. The summed E-state index contributed by atoms with van der Waals surface area (Å²) in [6, 6.07) is 8.03. The third kappa shape index (κ3) is 3.41. The molecule has 0 bridgehead atoms. The maximum atomic E-state index is 13.3. The first-order valence-electron chi connectivity index (χ1n) is 8.20. The topological polar surface area (TPSA) is 91.4 Å². The minimum absolute atomic E-state index is 0.118. The standard InChI is InChI=1S/C18H12F2N4O3S/c19-11-7-13-14(8-12(11)20)28-18(21-13)22-17(27)9-1-3-10(4-2-9)24-16(26)6-5-15(25)23-24/h1-4,7-8H,5-6H2,(H,23,25)(H,21,22,27). The Balaban J connectivity index is 1.51. The van der Waals surface area contributed by atoms with Crippen LogP contribution in [0, 0.1) is 11.6 Å².